The highest BCUT2D eigenvalue weighted by Crippen LogP contribution is 2.30. The van der Waals surface area contributed by atoms with Gasteiger partial charge in [-0.15, -0.1) is 0 Å². The van der Waals surface area contributed by atoms with Crippen molar-refractivity contribution in [3.63, 3.8) is 0 Å². The molecule has 0 N–H and O–H groups in total. The summed E-state index contributed by atoms with van der Waals surface area (Å²) in [5.74, 6) is -0.836. The van der Waals surface area contributed by atoms with Crippen LogP contribution in [0.25, 0.3) is 0 Å². The van der Waals surface area contributed by atoms with Crippen LogP contribution in [0.5, 0.6) is 0 Å². The highest BCUT2D eigenvalue weighted by molar-refractivity contribution is 6.04. The minimum atomic E-state index is -1.02. The molecule has 0 bridgehead atoms. The molecule has 1 amide bonds. The predicted molar refractivity (Wildman–Crippen MR) is 101 cm³/mol. The van der Waals surface area contributed by atoms with Crippen molar-refractivity contribution in [2.75, 3.05) is 4.90 Å². The maximum absolute atomic E-state index is 13.4. The summed E-state index contributed by atoms with van der Waals surface area (Å²) < 4.78 is 5.39. The van der Waals surface area contributed by atoms with Crippen molar-refractivity contribution in [1.82, 2.24) is 0 Å². The number of benzene rings is 3. The first kappa shape index (κ1) is 17.4. The zero-order chi connectivity index (χ0) is 18.4. The van der Waals surface area contributed by atoms with E-state index in [1.165, 1.54) is 6.92 Å². The van der Waals surface area contributed by atoms with Gasteiger partial charge in [0.1, 0.15) is 0 Å². The molecule has 3 aromatic carbocycles. The molecule has 0 saturated heterocycles. The number of amides is 1. The summed E-state index contributed by atoms with van der Waals surface area (Å²) >= 11 is 0. The average Bonchev–Trinajstić information content (AvgIpc) is 2.68. The molecule has 26 heavy (non-hydrogen) atoms. The van der Waals surface area contributed by atoms with Crippen LogP contribution < -0.4 is 4.90 Å². The van der Waals surface area contributed by atoms with E-state index in [0.717, 1.165) is 0 Å². The lowest BCUT2D eigenvalue weighted by Gasteiger charge is -2.27. The first-order valence-corrected chi connectivity index (χ1v) is 8.33. The van der Waals surface area contributed by atoms with Gasteiger partial charge in [-0.05, 0) is 24.3 Å². The van der Waals surface area contributed by atoms with Gasteiger partial charge < -0.3 is 4.74 Å². The number of hydrogen-bond donors (Lipinski definition) is 0. The third-order valence-electron chi connectivity index (χ3n) is 3.86. The number of ether oxygens (including phenoxy) is 1. The summed E-state index contributed by atoms with van der Waals surface area (Å²) in [5, 5.41) is 0. The van der Waals surface area contributed by atoms with E-state index in [2.05, 4.69) is 0 Å². The minimum absolute atomic E-state index is 0.330. The molecule has 0 fully saturated rings. The van der Waals surface area contributed by atoms with Gasteiger partial charge in [-0.3, -0.25) is 14.5 Å². The largest absolute Gasteiger partial charge is 0.447 e. The van der Waals surface area contributed by atoms with Crippen molar-refractivity contribution in [1.29, 1.82) is 0 Å². The highest BCUT2D eigenvalue weighted by Gasteiger charge is 2.30. The fourth-order valence-corrected chi connectivity index (χ4v) is 2.73. The average molecular weight is 345 g/mol. The molecule has 1 atom stereocenters. The van der Waals surface area contributed by atoms with Gasteiger partial charge in [0.25, 0.3) is 5.91 Å². The molecule has 0 saturated carbocycles. The molecule has 4 heteroatoms. The Kier molecular flexibility index (Phi) is 5.44. The van der Waals surface area contributed by atoms with E-state index in [9.17, 15) is 9.59 Å². The Labute approximate surface area is 152 Å². The molecule has 0 radical (unpaired) electrons. The van der Waals surface area contributed by atoms with Crippen molar-refractivity contribution in [3.05, 3.63) is 96.6 Å². The van der Waals surface area contributed by atoms with Crippen molar-refractivity contribution in [3.8, 4) is 0 Å². The van der Waals surface area contributed by atoms with Crippen molar-refractivity contribution >= 4 is 23.3 Å². The van der Waals surface area contributed by atoms with Gasteiger partial charge >= 0.3 is 5.97 Å². The van der Waals surface area contributed by atoms with Crippen LogP contribution >= 0.6 is 0 Å². The Balaban J connectivity index is 2.06. The number of carbonyl (C=O) groups excluding carboxylic acids is 2. The monoisotopic (exact) mass is 345 g/mol. The Morgan fingerprint density at radius 1 is 0.731 bits per heavy atom. The molecule has 4 nitrogen and oxygen atoms in total. The Morgan fingerprint density at radius 3 is 1.58 bits per heavy atom. The van der Waals surface area contributed by atoms with E-state index in [4.69, 9.17) is 4.74 Å². The SMILES string of the molecule is CC(=O)O[C@H](C(=O)N(c1ccccc1)c1ccccc1)c1ccccc1. The van der Waals surface area contributed by atoms with Gasteiger partial charge in [0.15, 0.2) is 0 Å². The van der Waals surface area contributed by atoms with E-state index < -0.39 is 12.1 Å². The maximum atomic E-state index is 13.4. The van der Waals surface area contributed by atoms with Crippen molar-refractivity contribution in [2.45, 2.75) is 13.0 Å². The van der Waals surface area contributed by atoms with Crippen LogP contribution in [-0.2, 0) is 14.3 Å². The predicted octanol–water partition coefficient (Wildman–Crippen LogP) is 4.66. The van der Waals surface area contributed by atoms with Gasteiger partial charge in [-0.2, -0.15) is 0 Å². The number of nitrogens with zero attached hydrogens (tertiary/aromatic N) is 1. The number of anilines is 2. The lowest BCUT2D eigenvalue weighted by atomic mass is 10.1. The molecular formula is C22H19NO3. The fourth-order valence-electron chi connectivity index (χ4n) is 2.73. The van der Waals surface area contributed by atoms with Gasteiger partial charge in [0, 0.05) is 23.9 Å². The van der Waals surface area contributed by atoms with Crippen LogP contribution in [0.15, 0.2) is 91.0 Å². The summed E-state index contributed by atoms with van der Waals surface area (Å²) in [6, 6.07) is 27.7. The molecule has 3 rings (SSSR count). The van der Waals surface area contributed by atoms with E-state index in [-0.39, 0.29) is 5.91 Å². The Morgan fingerprint density at radius 2 is 1.15 bits per heavy atom. The van der Waals surface area contributed by atoms with E-state index in [0.29, 0.717) is 16.9 Å². The second-order valence-electron chi connectivity index (χ2n) is 5.74. The zero-order valence-corrected chi connectivity index (χ0v) is 14.4. The number of carbonyl (C=O) groups is 2. The normalized spacial score (nSPS) is 11.4. The molecule has 130 valence electrons. The summed E-state index contributed by atoms with van der Waals surface area (Å²) in [5.41, 5.74) is 2.04. The van der Waals surface area contributed by atoms with Crippen LogP contribution in [0.4, 0.5) is 11.4 Å². The quantitative estimate of drug-likeness (QED) is 0.632. The van der Waals surface area contributed by atoms with Gasteiger partial charge in [-0.1, -0.05) is 66.7 Å². The van der Waals surface area contributed by atoms with Crippen LogP contribution in [-0.4, -0.2) is 11.9 Å². The molecule has 0 aliphatic rings. The number of hydrogen-bond acceptors (Lipinski definition) is 3. The molecule has 0 aromatic heterocycles. The molecule has 0 aliphatic carbocycles. The van der Waals surface area contributed by atoms with E-state index in [1.807, 2.05) is 78.9 Å². The smallest absolute Gasteiger partial charge is 0.303 e. The number of rotatable bonds is 5. The second-order valence-corrected chi connectivity index (χ2v) is 5.74. The fraction of sp³-hybridized carbons (Fsp3) is 0.0909. The van der Waals surface area contributed by atoms with Crippen LogP contribution in [0.3, 0.4) is 0 Å². The van der Waals surface area contributed by atoms with Gasteiger partial charge in [0.2, 0.25) is 6.10 Å². The standard InChI is InChI=1S/C22H19NO3/c1-17(24)26-21(18-11-5-2-6-12-18)22(25)23(19-13-7-3-8-14-19)20-15-9-4-10-16-20/h2-16,21H,1H3/t21-/m0/s1. The van der Waals surface area contributed by atoms with Gasteiger partial charge in [0.05, 0.1) is 0 Å². The molecule has 3 aromatic rings. The molecule has 0 aliphatic heterocycles. The molecule has 0 spiro atoms. The highest BCUT2D eigenvalue weighted by atomic mass is 16.5. The Bertz CT molecular complexity index is 824. The second kappa shape index (κ2) is 8.12. The third kappa shape index (κ3) is 3.98. The summed E-state index contributed by atoms with van der Waals surface area (Å²) in [4.78, 5) is 26.6. The topological polar surface area (TPSA) is 46.6 Å². The number of para-hydroxylation sites is 2. The third-order valence-corrected chi connectivity index (χ3v) is 3.86. The number of esters is 1. The minimum Gasteiger partial charge on any atom is -0.447 e. The zero-order valence-electron chi connectivity index (χ0n) is 14.4. The van der Waals surface area contributed by atoms with Crippen LogP contribution in [0.2, 0.25) is 0 Å². The lowest BCUT2D eigenvalue weighted by molar-refractivity contribution is -0.153. The summed E-state index contributed by atoms with van der Waals surface area (Å²) in [6.07, 6.45) is -1.02. The molecular weight excluding hydrogens is 326 g/mol. The summed E-state index contributed by atoms with van der Waals surface area (Å²) in [7, 11) is 0. The van der Waals surface area contributed by atoms with E-state index >= 15 is 0 Å². The summed E-state index contributed by atoms with van der Waals surface area (Å²) in [6.45, 7) is 1.30. The first-order chi connectivity index (χ1) is 12.7. The van der Waals surface area contributed by atoms with E-state index in [1.54, 1.807) is 17.0 Å². The van der Waals surface area contributed by atoms with Gasteiger partial charge in [-0.25, -0.2) is 0 Å². The maximum Gasteiger partial charge on any atom is 0.303 e. The van der Waals surface area contributed by atoms with Crippen LogP contribution in [0, 0.1) is 0 Å². The first-order valence-electron chi connectivity index (χ1n) is 8.33. The van der Waals surface area contributed by atoms with Crippen LogP contribution in [0.1, 0.15) is 18.6 Å². The van der Waals surface area contributed by atoms with Crippen molar-refractivity contribution < 1.29 is 14.3 Å². The Hall–Kier alpha value is -3.40. The molecule has 0 heterocycles. The van der Waals surface area contributed by atoms with Crippen molar-refractivity contribution in [2.24, 2.45) is 0 Å². The molecule has 0 unspecified atom stereocenters. The lowest BCUT2D eigenvalue weighted by Crippen LogP contribution is -2.33.